The van der Waals surface area contributed by atoms with Crippen LogP contribution >= 0.6 is 11.6 Å². The van der Waals surface area contributed by atoms with Crippen LogP contribution in [0.3, 0.4) is 0 Å². The second kappa shape index (κ2) is 13.5. The van der Waals surface area contributed by atoms with Gasteiger partial charge in [0.2, 0.25) is 5.95 Å². The summed E-state index contributed by atoms with van der Waals surface area (Å²) in [6.45, 7) is 2.61. The Balaban J connectivity index is 1.10. The number of amides is 1. The minimum atomic E-state index is -3.88. The zero-order valence-corrected chi connectivity index (χ0v) is 27.8. The molecule has 3 aromatic carbocycles. The number of benzene rings is 3. The summed E-state index contributed by atoms with van der Waals surface area (Å²) in [7, 11) is -3.88. The van der Waals surface area contributed by atoms with Crippen molar-refractivity contribution < 1.29 is 17.9 Å². The Morgan fingerprint density at radius 3 is 2.54 bits per heavy atom. The van der Waals surface area contributed by atoms with Crippen LogP contribution in [0.15, 0.2) is 90.1 Å². The van der Waals surface area contributed by atoms with Crippen LogP contribution in [-0.4, -0.2) is 66.7 Å². The maximum atomic E-state index is 13.7. The normalized spacial score (nSPS) is 18.5. The van der Waals surface area contributed by atoms with Crippen molar-refractivity contribution in [1.29, 1.82) is 0 Å². The third kappa shape index (κ3) is 6.43. The molecule has 2 aliphatic rings. The Kier molecular flexibility index (Phi) is 8.95. The first-order chi connectivity index (χ1) is 23.3. The quantitative estimate of drug-likeness (QED) is 0.179. The number of morpholine rings is 1. The minimum absolute atomic E-state index is 0.00278. The standard InChI is InChI=1S/C35H36ClN7O4S/c36-30-21-38-35(41-33(30)29-22-43(31-12-5-4-11-27(29)31)48(45,46)26-9-2-1-3-10-26)40-25-8-6-7-24(20-25)39-34(44)28-14-13-23(37)19-32(28)42-15-17-47-18-16-42/h1-5,9-14,19,21-22,24-25H,6-8,15-18,20,37H2,(H,39,44)(H,38,40,41)/t24-,25+/m0/s1. The Bertz CT molecular complexity index is 2070. The number of nitrogens with two attached hydrogens (primary N) is 1. The first-order valence-corrected chi connectivity index (χ1v) is 17.8. The summed E-state index contributed by atoms with van der Waals surface area (Å²) in [5.74, 6) is 0.247. The van der Waals surface area contributed by atoms with E-state index in [2.05, 4.69) is 20.5 Å². The van der Waals surface area contributed by atoms with E-state index in [1.165, 1.54) is 10.2 Å². The highest BCUT2D eigenvalue weighted by Gasteiger charge is 2.28. The van der Waals surface area contributed by atoms with E-state index >= 15 is 0 Å². The van der Waals surface area contributed by atoms with Crippen LogP contribution in [0, 0.1) is 0 Å². The summed E-state index contributed by atoms with van der Waals surface area (Å²) in [5.41, 5.74) is 9.64. The van der Waals surface area contributed by atoms with E-state index < -0.39 is 10.0 Å². The molecule has 3 heterocycles. The Labute approximate surface area is 284 Å². The molecule has 13 heteroatoms. The Morgan fingerprint density at radius 2 is 1.73 bits per heavy atom. The van der Waals surface area contributed by atoms with Gasteiger partial charge in [0.1, 0.15) is 0 Å². The van der Waals surface area contributed by atoms with Gasteiger partial charge in [0.15, 0.2) is 0 Å². The molecule has 0 bridgehead atoms. The molecule has 48 heavy (non-hydrogen) atoms. The summed E-state index contributed by atoms with van der Waals surface area (Å²) in [6, 6.07) is 20.9. The predicted octanol–water partition coefficient (Wildman–Crippen LogP) is 5.56. The van der Waals surface area contributed by atoms with E-state index in [4.69, 9.17) is 27.1 Å². The highest BCUT2D eigenvalue weighted by atomic mass is 35.5. The molecule has 2 aromatic heterocycles. The van der Waals surface area contributed by atoms with Crippen LogP contribution < -0.4 is 21.3 Å². The van der Waals surface area contributed by atoms with Gasteiger partial charge in [-0.1, -0.05) is 48.0 Å². The third-order valence-corrected chi connectivity index (χ3v) is 10.9. The number of aromatic nitrogens is 3. The van der Waals surface area contributed by atoms with Crippen LogP contribution in [-0.2, 0) is 14.8 Å². The van der Waals surface area contributed by atoms with Crippen LogP contribution in [0.25, 0.3) is 22.2 Å². The second-order valence-corrected chi connectivity index (χ2v) is 14.3. The molecule has 0 unspecified atom stereocenters. The lowest BCUT2D eigenvalue weighted by Gasteiger charge is -2.32. The van der Waals surface area contributed by atoms with E-state index in [0.717, 1.165) is 24.9 Å². The zero-order chi connectivity index (χ0) is 33.3. The molecule has 0 spiro atoms. The van der Waals surface area contributed by atoms with Crippen LogP contribution in [0.4, 0.5) is 17.3 Å². The fourth-order valence-corrected chi connectivity index (χ4v) is 8.16. The molecule has 1 aliphatic heterocycles. The zero-order valence-electron chi connectivity index (χ0n) is 26.2. The van der Waals surface area contributed by atoms with Crippen LogP contribution in [0.5, 0.6) is 0 Å². The molecular weight excluding hydrogens is 650 g/mol. The average molecular weight is 686 g/mol. The Hall–Kier alpha value is -4.65. The molecule has 11 nitrogen and oxygen atoms in total. The lowest BCUT2D eigenvalue weighted by molar-refractivity contribution is 0.0925. The van der Waals surface area contributed by atoms with Crippen molar-refractivity contribution in [2.75, 3.05) is 42.3 Å². The number of fused-ring (bicyclic) bond motifs is 1. The highest BCUT2D eigenvalue weighted by molar-refractivity contribution is 7.90. The van der Waals surface area contributed by atoms with E-state index in [-0.39, 0.29) is 22.9 Å². The molecule has 1 aliphatic carbocycles. The molecular formula is C35H36ClN7O4S. The molecule has 0 radical (unpaired) electrons. The molecule has 1 saturated carbocycles. The monoisotopic (exact) mass is 685 g/mol. The maximum absolute atomic E-state index is 13.7. The average Bonchev–Trinajstić information content (AvgIpc) is 3.50. The summed E-state index contributed by atoms with van der Waals surface area (Å²) in [4.78, 5) is 25.1. The molecule has 1 saturated heterocycles. The molecule has 7 rings (SSSR count). The summed E-state index contributed by atoms with van der Waals surface area (Å²) in [6.07, 6.45) is 6.42. The lowest BCUT2D eigenvalue weighted by atomic mass is 9.90. The van der Waals surface area contributed by atoms with Crippen molar-refractivity contribution in [3.05, 3.63) is 95.8 Å². The number of anilines is 3. The summed E-state index contributed by atoms with van der Waals surface area (Å²) in [5, 5.41) is 7.69. The first-order valence-electron chi connectivity index (χ1n) is 16.0. The van der Waals surface area contributed by atoms with Crippen LogP contribution in [0.2, 0.25) is 5.02 Å². The smallest absolute Gasteiger partial charge is 0.268 e. The van der Waals surface area contributed by atoms with E-state index in [1.54, 1.807) is 60.8 Å². The third-order valence-electron chi connectivity index (χ3n) is 8.94. The molecule has 4 N–H and O–H groups in total. The van der Waals surface area contributed by atoms with Crippen molar-refractivity contribution in [3.63, 3.8) is 0 Å². The SMILES string of the molecule is Nc1ccc(C(=O)N[C@H]2CCC[C@@H](Nc3ncc(Cl)c(-c4cn(S(=O)(=O)c5ccccc5)c5ccccc45)n3)C2)c(N2CCOCC2)c1. The van der Waals surface area contributed by atoms with Crippen LogP contribution in [0.1, 0.15) is 36.0 Å². The van der Waals surface area contributed by atoms with Gasteiger partial charge in [-0.15, -0.1) is 0 Å². The van der Waals surface area contributed by atoms with Gasteiger partial charge in [-0.3, -0.25) is 4.79 Å². The number of halogens is 1. The van der Waals surface area contributed by atoms with Gasteiger partial charge in [-0.2, -0.15) is 0 Å². The van der Waals surface area contributed by atoms with Gasteiger partial charge in [0.25, 0.3) is 15.9 Å². The summed E-state index contributed by atoms with van der Waals surface area (Å²) < 4.78 is 34.1. The fourth-order valence-electron chi connectivity index (χ4n) is 6.57. The number of nitrogens with zero attached hydrogens (tertiary/aromatic N) is 4. The van der Waals surface area contributed by atoms with Gasteiger partial charge in [0.05, 0.1) is 51.8 Å². The number of ether oxygens (including phenoxy) is 1. The largest absolute Gasteiger partial charge is 0.399 e. The van der Waals surface area contributed by atoms with Crippen molar-refractivity contribution >= 4 is 55.8 Å². The predicted molar refractivity (Wildman–Crippen MR) is 188 cm³/mol. The van der Waals surface area contributed by atoms with Crippen molar-refractivity contribution in [2.45, 2.75) is 42.7 Å². The molecule has 248 valence electrons. The topological polar surface area (TPSA) is 144 Å². The maximum Gasteiger partial charge on any atom is 0.268 e. The van der Waals surface area contributed by atoms with Gasteiger partial charge >= 0.3 is 0 Å². The van der Waals surface area contributed by atoms with E-state index in [9.17, 15) is 13.2 Å². The number of nitrogens with one attached hydrogen (secondary N) is 2. The molecule has 2 atom stereocenters. The first kappa shape index (κ1) is 31.9. The number of nitrogen functional groups attached to an aromatic ring is 1. The fraction of sp³-hybridized carbons (Fsp3) is 0.286. The molecule has 5 aromatic rings. The van der Waals surface area contributed by atoms with Crippen molar-refractivity contribution in [2.24, 2.45) is 0 Å². The molecule has 2 fully saturated rings. The van der Waals surface area contributed by atoms with Crippen molar-refractivity contribution in [1.82, 2.24) is 19.3 Å². The lowest BCUT2D eigenvalue weighted by Crippen LogP contribution is -2.43. The minimum Gasteiger partial charge on any atom is -0.399 e. The second-order valence-electron chi connectivity index (χ2n) is 12.1. The molecule has 1 amide bonds. The van der Waals surface area contributed by atoms with Gasteiger partial charge in [0, 0.05) is 48.0 Å². The number of hydrogen-bond donors (Lipinski definition) is 3. The number of carbonyl (C=O) groups is 1. The van der Waals surface area contributed by atoms with Gasteiger partial charge in [-0.25, -0.2) is 22.4 Å². The highest BCUT2D eigenvalue weighted by Crippen LogP contribution is 2.36. The van der Waals surface area contributed by atoms with E-state index in [1.807, 2.05) is 18.2 Å². The number of hydrogen-bond acceptors (Lipinski definition) is 9. The number of rotatable bonds is 8. The number of para-hydroxylation sites is 1. The van der Waals surface area contributed by atoms with Gasteiger partial charge < -0.3 is 26.0 Å². The number of carbonyl (C=O) groups excluding carboxylic acids is 1. The van der Waals surface area contributed by atoms with Gasteiger partial charge in [-0.05, 0) is 62.1 Å². The summed E-state index contributed by atoms with van der Waals surface area (Å²) >= 11 is 6.65. The Morgan fingerprint density at radius 1 is 0.979 bits per heavy atom. The van der Waals surface area contributed by atoms with Crippen molar-refractivity contribution in [3.8, 4) is 11.3 Å². The van der Waals surface area contributed by atoms with E-state index in [0.29, 0.717) is 77.1 Å².